The highest BCUT2D eigenvalue weighted by atomic mass is 16.4. The van der Waals surface area contributed by atoms with Crippen molar-refractivity contribution in [2.45, 2.75) is 52.0 Å². The third-order valence-electron chi connectivity index (χ3n) is 4.76. The van der Waals surface area contributed by atoms with Crippen molar-refractivity contribution in [2.24, 2.45) is 0 Å². The van der Waals surface area contributed by atoms with Crippen LogP contribution in [0.15, 0.2) is 24.3 Å². The van der Waals surface area contributed by atoms with E-state index < -0.39 is 5.97 Å². The summed E-state index contributed by atoms with van der Waals surface area (Å²) in [5.74, 6) is -0.523. The number of carbonyl (C=O) groups is 1. The van der Waals surface area contributed by atoms with Crippen LogP contribution >= 0.6 is 0 Å². The number of hydrogen-bond donors (Lipinski definition) is 1. The molecule has 0 aliphatic carbocycles. The number of rotatable bonds is 5. The van der Waals surface area contributed by atoms with Gasteiger partial charge in [-0.3, -0.25) is 0 Å². The lowest BCUT2D eigenvalue weighted by Crippen LogP contribution is -2.40. The summed E-state index contributed by atoms with van der Waals surface area (Å²) in [4.78, 5) is 15.3. The van der Waals surface area contributed by atoms with Crippen LogP contribution in [0.4, 0.5) is 5.82 Å². The summed E-state index contributed by atoms with van der Waals surface area (Å²) in [5.41, 5.74) is 1.99. The van der Waals surface area contributed by atoms with Crippen LogP contribution in [0, 0.1) is 0 Å². The van der Waals surface area contributed by atoms with Gasteiger partial charge in [-0.25, -0.2) is 4.79 Å². The largest absolute Gasteiger partial charge is 0.476 e. The number of carboxylic acids is 1. The highest BCUT2D eigenvalue weighted by Crippen LogP contribution is 2.28. The third-order valence-corrected chi connectivity index (χ3v) is 4.76. The lowest BCUT2D eigenvalue weighted by Gasteiger charge is -2.35. The van der Waals surface area contributed by atoms with E-state index in [0.717, 1.165) is 43.5 Å². The molecule has 1 aliphatic rings. The SMILES string of the molecule is CCc1ccccc1-n1nc(C(=O)O)c(N2CCCC[C@@H]2CC)n1. The molecule has 6 heteroatoms. The highest BCUT2D eigenvalue weighted by molar-refractivity contribution is 5.91. The van der Waals surface area contributed by atoms with Gasteiger partial charge in [0.25, 0.3) is 0 Å². The number of anilines is 1. The molecule has 0 spiro atoms. The van der Waals surface area contributed by atoms with Gasteiger partial charge in [0.1, 0.15) is 0 Å². The van der Waals surface area contributed by atoms with Crippen LogP contribution in [0.3, 0.4) is 0 Å². The highest BCUT2D eigenvalue weighted by Gasteiger charge is 2.29. The van der Waals surface area contributed by atoms with Gasteiger partial charge in [0.05, 0.1) is 5.69 Å². The Kier molecular flexibility index (Phi) is 4.83. The Hall–Kier alpha value is -2.37. The van der Waals surface area contributed by atoms with E-state index in [2.05, 4.69) is 28.9 Å². The average Bonchev–Trinajstić information content (AvgIpc) is 3.07. The molecular formula is C18H24N4O2. The molecule has 1 aliphatic heterocycles. The summed E-state index contributed by atoms with van der Waals surface area (Å²) >= 11 is 0. The number of aromatic nitrogens is 3. The summed E-state index contributed by atoms with van der Waals surface area (Å²) in [6.45, 7) is 5.05. The number of piperidine rings is 1. The van der Waals surface area contributed by atoms with Crippen LogP contribution in [0.25, 0.3) is 5.69 Å². The van der Waals surface area contributed by atoms with Gasteiger partial charge in [0.15, 0.2) is 5.82 Å². The van der Waals surface area contributed by atoms with Crippen molar-refractivity contribution in [3.8, 4) is 5.69 Å². The van der Waals surface area contributed by atoms with Gasteiger partial charge < -0.3 is 10.0 Å². The minimum atomic E-state index is -1.02. The Bertz CT molecular complexity index is 726. The van der Waals surface area contributed by atoms with Gasteiger partial charge >= 0.3 is 5.97 Å². The molecule has 3 rings (SSSR count). The van der Waals surface area contributed by atoms with Crippen molar-refractivity contribution in [3.63, 3.8) is 0 Å². The molecule has 2 heterocycles. The van der Waals surface area contributed by atoms with E-state index in [1.54, 1.807) is 0 Å². The molecule has 1 saturated heterocycles. The average molecular weight is 328 g/mol. The van der Waals surface area contributed by atoms with Crippen LogP contribution in [0.2, 0.25) is 0 Å². The molecule has 2 aromatic rings. The van der Waals surface area contributed by atoms with E-state index >= 15 is 0 Å². The molecule has 0 unspecified atom stereocenters. The number of aromatic carboxylic acids is 1. The second-order valence-electron chi connectivity index (χ2n) is 6.20. The van der Waals surface area contributed by atoms with Gasteiger partial charge in [0.2, 0.25) is 5.69 Å². The van der Waals surface area contributed by atoms with Crippen molar-refractivity contribution >= 4 is 11.8 Å². The molecule has 1 atom stereocenters. The maximum Gasteiger partial charge on any atom is 0.360 e. The summed E-state index contributed by atoms with van der Waals surface area (Å²) in [6.07, 6.45) is 5.15. The fraction of sp³-hybridized carbons (Fsp3) is 0.500. The summed E-state index contributed by atoms with van der Waals surface area (Å²) < 4.78 is 0. The number of hydrogen-bond acceptors (Lipinski definition) is 4. The van der Waals surface area contributed by atoms with Crippen LogP contribution < -0.4 is 4.90 Å². The zero-order chi connectivity index (χ0) is 17.1. The normalized spacial score (nSPS) is 17.9. The Labute approximate surface area is 142 Å². The second-order valence-corrected chi connectivity index (χ2v) is 6.20. The molecule has 1 aromatic heterocycles. The Morgan fingerprint density at radius 3 is 2.75 bits per heavy atom. The molecule has 0 amide bonds. The molecule has 0 bridgehead atoms. The molecule has 0 saturated carbocycles. The van der Waals surface area contributed by atoms with E-state index in [1.165, 1.54) is 11.2 Å². The second kappa shape index (κ2) is 7.03. The van der Waals surface area contributed by atoms with Crippen LogP contribution in [0.1, 0.15) is 55.6 Å². The fourth-order valence-corrected chi connectivity index (χ4v) is 3.45. The summed E-state index contributed by atoms with van der Waals surface area (Å²) in [5, 5.41) is 18.5. The van der Waals surface area contributed by atoms with Gasteiger partial charge in [0, 0.05) is 12.6 Å². The molecule has 128 valence electrons. The molecule has 1 fully saturated rings. The Balaban J connectivity index is 2.07. The topological polar surface area (TPSA) is 71.2 Å². The summed E-state index contributed by atoms with van der Waals surface area (Å²) in [7, 11) is 0. The minimum absolute atomic E-state index is 0.0428. The molecule has 1 aromatic carbocycles. The van der Waals surface area contributed by atoms with Crippen molar-refractivity contribution in [2.75, 3.05) is 11.4 Å². The van der Waals surface area contributed by atoms with Crippen LogP contribution in [-0.2, 0) is 6.42 Å². The van der Waals surface area contributed by atoms with E-state index in [4.69, 9.17) is 0 Å². The van der Waals surface area contributed by atoms with Gasteiger partial charge in [-0.2, -0.15) is 0 Å². The fourth-order valence-electron chi connectivity index (χ4n) is 3.45. The first-order valence-electron chi connectivity index (χ1n) is 8.71. The van der Waals surface area contributed by atoms with Crippen LogP contribution in [0.5, 0.6) is 0 Å². The Morgan fingerprint density at radius 2 is 2.04 bits per heavy atom. The maximum absolute atomic E-state index is 11.7. The zero-order valence-corrected chi connectivity index (χ0v) is 14.3. The lowest BCUT2D eigenvalue weighted by molar-refractivity contribution is 0.0690. The minimum Gasteiger partial charge on any atom is -0.476 e. The van der Waals surface area contributed by atoms with E-state index in [-0.39, 0.29) is 5.69 Å². The Morgan fingerprint density at radius 1 is 1.25 bits per heavy atom. The predicted octanol–water partition coefficient (Wildman–Crippen LogP) is 3.30. The molecule has 1 N–H and O–H groups in total. The number of nitrogens with zero attached hydrogens (tertiary/aromatic N) is 4. The van der Waals surface area contributed by atoms with Crippen LogP contribution in [-0.4, -0.2) is 38.7 Å². The third kappa shape index (κ3) is 3.00. The van der Waals surface area contributed by atoms with E-state index in [1.807, 2.05) is 24.3 Å². The van der Waals surface area contributed by atoms with Gasteiger partial charge in [-0.05, 0) is 43.7 Å². The molecule has 24 heavy (non-hydrogen) atoms. The first kappa shape index (κ1) is 16.5. The maximum atomic E-state index is 11.7. The molecule has 6 nitrogen and oxygen atoms in total. The first-order valence-corrected chi connectivity index (χ1v) is 8.71. The standard InChI is InChI=1S/C18H24N4O2/c1-3-13-9-5-6-11-15(13)22-19-16(18(23)24)17(20-22)21-12-8-7-10-14(21)4-2/h5-6,9,11,14H,3-4,7-8,10,12H2,1-2H3,(H,23,24)/t14-/m0/s1. The quantitative estimate of drug-likeness (QED) is 0.912. The van der Waals surface area contributed by atoms with Gasteiger partial charge in [-0.1, -0.05) is 32.0 Å². The number of para-hydroxylation sites is 1. The first-order chi connectivity index (χ1) is 11.7. The smallest absolute Gasteiger partial charge is 0.360 e. The monoisotopic (exact) mass is 328 g/mol. The van der Waals surface area contributed by atoms with Crippen molar-refractivity contribution in [1.29, 1.82) is 0 Å². The van der Waals surface area contributed by atoms with Crippen molar-refractivity contribution in [3.05, 3.63) is 35.5 Å². The molecular weight excluding hydrogens is 304 g/mol. The number of carboxylic acid groups (broad SMARTS) is 1. The predicted molar refractivity (Wildman–Crippen MR) is 93.0 cm³/mol. The van der Waals surface area contributed by atoms with Gasteiger partial charge in [-0.15, -0.1) is 15.0 Å². The number of benzene rings is 1. The zero-order valence-electron chi connectivity index (χ0n) is 14.3. The molecule has 0 radical (unpaired) electrons. The van der Waals surface area contributed by atoms with Crippen molar-refractivity contribution < 1.29 is 9.90 Å². The summed E-state index contributed by atoms with van der Waals surface area (Å²) in [6, 6.07) is 8.19. The number of aryl methyl sites for hydroxylation is 1. The van der Waals surface area contributed by atoms with E-state index in [9.17, 15) is 9.90 Å². The lowest BCUT2D eigenvalue weighted by atomic mass is 10.00. The van der Waals surface area contributed by atoms with E-state index in [0.29, 0.717) is 11.9 Å². The van der Waals surface area contributed by atoms with Crippen molar-refractivity contribution in [1.82, 2.24) is 15.0 Å².